The molecule has 2 aromatic rings. The zero-order valence-corrected chi connectivity index (χ0v) is 20.9. The number of phenolic OH excluding ortho intramolecular Hbond substituents is 1. The van der Waals surface area contributed by atoms with E-state index in [1.807, 2.05) is 0 Å². The summed E-state index contributed by atoms with van der Waals surface area (Å²) in [6.07, 6.45) is 0.489. The summed E-state index contributed by atoms with van der Waals surface area (Å²) in [5.41, 5.74) is -0.254. The summed E-state index contributed by atoms with van der Waals surface area (Å²) in [4.78, 5) is 40.4. The first kappa shape index (κ1) is 28.2. The quantitative estimate of drug-likeness (QED) is 0.369. The smallest absolute Gasteiger partial charge is 0.408 e. The maximum Gasteiger partial charge on any atom is 0.408 e. The summed E-state index contributed by atoms with van der Waals surface area (Å²) in [5.74, 6) is -1.03. The largest absolute Gasteiger partial charge is 0.508 e. The van der Waals surface area contributed by atoms with E-state index in [9.17, 15) is 24.6 Å². The molecule has 2 aromatic carbocycles. The van der Waals surface area contributed by atoms with Gasteiger partial charge in [0, 0.05) is 17.8 Å². The summed E-state index contributed by atoms with van der Waals surface area (Å²) in [6.45, 7) is 7.76. The molecule has 10 nitrogen and oxygen atoms in total. The zero-order chi connectivity index (χ0) is 26.9. The number of methoxy groups -OCH3 is 1. The molecular formula is C26H33N3O7. The molecule has 10 heteroatoms. The van der Waals surface area contributed by atoms with Gasteiger partial charge < -0.3 is 35.2 Å². The first-order chi connectivity index (χ1) is 17.0. The van der Waals surface area contributed by atoms with Crippen LogP contribution in [0, 0.1) is 0 Å². The minimum atomic E-state index is -1.41. The number of anilines is 1. The number of hydrogen-bond acceptors (Lipinski definition) is 7. The van der Waals surface area contributed by atoms with Gasteiger partial charge in [-0.1, -0.05) is 24.3 Å². The van der Waals surface area contributed by atoms with Crippen LogP contribution in [-0.4, -0.2) is 64.9 Å². The number of phenols is 1. The van der Waals surface area contributed by atoms with E-state index in [4.69, 9.17) is 9.47 Å². The molecule has 2 unspecified atom stereocenters. The second-order valence-electron chi connectivity index (χ2n) is 8.84. The molecule has 4 N–H and O–H groups in total. The molecule has 3 amide bonds. The van der Waals surface area contributed by atoms with Gasteiger partial charge in [-0.2, -0.15) is 0 Å². The molecule has 0 aliphatic heterocycles. The lowest BCUT2D eigenvalue weighted by atomic mass is 10.0. The van der Waals surface area contributed by atoms with Gasteiger partial charge in [-0.05, 0) is 51.1 Å². The minimum Gasteiger partial charge on any atom is -0.508 e. The van der Waals surface area contributed by atoms with Crippen molar-refractivity contribution in [2.75, 3.05) is 25.6 Å². The molecule has 0 radical (unpaired) electrons. The molecule has 0 aliphatic carbocycles. The molecule has 0 bridgehead atoms. The van der Waals surface area contributed by atoms with E-state index >= 15 is 0 Å². The van der Waals surface area contributed by atoms with Crippen molar-refractivity contribution in [1.82, 2.24) is 10.2 Å². The Morgan fingerprint density at radius 2 is 1.75 bits per heavy atom. The molecule has 0 aliphatic rings. The molecular weight excluding hydrogens is 466 g/mol. The number of rotatable bonds is 10. The molecule has 0 fully saturated rings. The second-order valence-corrected chi connectivity index (χ2v) is 8.84. The molecule has 0 aromatic heterocycles. The predicted molar refractivity (Wildman–Crippen MR) is 135 cm³/mol. The van der Waals surface area contributed by atoms with E-state index in [2.05, 4.69) is 17.2 Å². The Bertz CT molecular complexity index is 1060. The first-order valence-electron chi connectivity index (χ1n) is 11.2. The predicted octanol–water partition coefficient (Wildman–Crippen LogP) is 2.98. The van der Waals surface area contributed by atoms with Crippen molar-refractivity contribution in [3.63, 3.8) is 0 Å². The lowest BCUT2D eigenvalue weighted by Crippen LogP contribution is -2.53. The number of nitrogens with zero attached hydrogens (tertiary/aromatic N) is 1. The summed E-state index contributed by atoms with van der Waals surface area (Å²) in [5, 5.41) is 25.5. The molecule has 0 saturated carbocycles. The van der Waals surface area contributed by atoms with Gasteiger partial charge in [-0.25, -0.2) is 4.79 Å². The maximum atomic E-state index is 13.5. The highest BCUT2D eigenvalue weighted by Crippen LogP contribution is 2.31. The summed E-state index contributed by atoms with van der Waals surface area (Å²) in [6, 6.07) is 9.91. The number of amides is 3. The average Bonchev–Trinajstić information content (AvgIpc) is 2.82. The van der Waals surface area contributed by atoms with Crippen LogP contribution in [-0.2, 0) is 14.3 Å². The Kier molecular flexibility index (Phi) is 9.86. The van der Waals surface area contributed by atoms with Crippen LogP contribution in [0.2, 0.25) is 0 Å². The Balaban J connectivity index is 2.43. The SMILES string of the molecule is C=CCN(C(=O)C(CO)NC(=O)OC(C)(C)C)C(C(=O)Nc1ccc(OC)cc1)c1ccccc1O. The number of nitrogens with one attached hydrogen (secondary N) is 2. The number of aliphatic hydroxyl groups is 1. The van der Waals surface area contributed by atoms with Crippen molar-refractivity contribution in [3.8, 4) is 11.5 Å². The number of aromatic hydroxyl groups is 1. The number of aliphatic hydroxyl groups excluding tert-OH is 1. The molecule has 2 atom stereocenters. The number of hydrogen-bond donors (Lipinski definition) is 4. The number of alkyl carbamates (subject to hydrolysis) is 1. The molecule has 194 valence electrons. The Labute approximate surface area is 210 Å². The van der Waals surface area contributed by atoms with Crippen molar-refractivity contribution >= 4 is 23.6 Å². The van der Waals surface area contributed by atoms with Gasteiger partial charge in [0.1, 0.15) is 29.2 Å². The third-order valence-corrected chi connectivity index (χ3v) is 4.93. The molecule has 2 rings (SSSR count). The van der Waals surface area contributed by atoms with E-state index in [1.165, 1.54) is 25.3 Å². The fourth-order valence-electron chi connectivity index (χ4n) is 3.35. The Hall–Kier alpha value is -4.05. The van der Waals surface area contributed by atoms with Gasteiger partial charge in [-0.3, -0.25) is 9.59 Å². The second kappa shape index (κ2) is 12.6. The Morgan fingerprint density at radius 3 is 2.28 bits per heavy atom. The van der Waals surface area contributed by atoms with Crippen molar-refractivity contribution in [2.45, 2.75) is 38.5 Å². The zero-order valence-electron chi connectivity index (χ0n) is 20.9. The highest BCUT2D eigenvalue weighted by atomic mass is 16.6. The number of carbonyl (C=O) groups is 3. The highest BCUT2D eigenvalue weighted by Gasteiger charge is 2.36. The van der Waals surface area contributed by atoms with Gasteiger partial charge in [0.25, 0.3) is 5.91 Å². The van der Waals surface area contributed by atoms with Crippen molar-refractivity contribution in [1.29, 1.82) is 0 Å². The topological polar surface area (TPSA) is 137 Å². The van der Waals surface area contributed by atoms with Crippen LogP contribution in [0.25, 0.3) is 0 Å². The van der Waals surface area contributed by atoms with E-state index in [0.29, 0.717) is 11.4 Å². The molecule has 36 heavy (non-hydrogen) atoms. The maximum absolute atomic E-state index is 13.5. The lowest BCUT2D eigenvalue weighted by molar-refractivity contribution is -0.141. The Morgan fingerprint density at radius 1 is 1.11 bits per heavy atom. The number of para-hydroxylation sites is 1. The molecule has 0 saturated heterocycles. The van der Waals surface area contributed by atoms with Crippen LogP contribution in [0.15, 0.2) is 61.2 Å². The van der Waals surface area contributed by atoms with Crippen molar-refractivity contribution < 1.29 is 34.1 Å². The molecule has 0 spiro atoms. The van der Waals surface area contributed by atoms with Crippen LogP contribution in [0.1, 0.15) is 32.4 Å². The normalized spacial score (nSPS) is 12.6. The van der Waals surface area contributed by atoms with E-state index < -0.39 is 42.2 Å². The fourth-order valence-corrected chi connectivity index (χ4v) is 3.35. The standard InChI is InChI=1S/C26H33N3O7/c1-6-15-29(24(33)20(16-30)28-25(34)36-26(2,3)4)22(19-9-7-8-10-21(19)31)23(32)27-17-11-13-18(35-5)14-12-17/h6-14,20,22,30-31H,1,15-16H2,2-5H3,(H,27,32)(H,28,34). The number of benzene rings is 2. The minimum absolute atomic E-state index is 0.125. The van der Waals surface area contributed by atoms with Crippen LogP contribution in [0.3, 0.4) is 0 Å². The van der Waals surface area contributed by atoms with Crippen LogP contribution < -0.4 is 15.4 Å². The number of ether oxygens (including phenoxy) is 2. The summed E-state index contributed by atoms with van der Waals surface area (Å²) < 4.78 is 10.3. The summed E-state index contributed by atoms with van der Waals surface area (Å²) in [7, 11) is 1.52. The van der Waals surface area contributed by atoms with E-state index in [-0.39, 0.29) is 17.9 Å². The van der Waals surface area contributed by atoms with Crippen molar-refractivity contribution in [2.24, 2.45) is 0 Å². The molecule has 0 heterocycles. The number of carbonyl (C=O) groups excluding carboxylic acids is 3. The summed E-state index contributed by atoms with van der Waals surface area (Å²) >= 11 is 0. The fraction of sp³-hybridized carbons (Fsp3) is 0.346. The third kappa shape index (κ3) is 7.74. The van der Waals surface area contributed by atoms with Gasteiger partial charge in [-0.15, -0.1) is 6.58 Å². The van der Waals surface area contributed by atoms with Crippen LogP contribution in [0.5, 0.6) is 11.5 Å². The highest BCUT2D eigenvalue weighted by molar-refractivity contribution is 5.99. The van der Waals surface area contributed by atoms with Gasteiger partial charge >= 0.3 is 6.09 Å². The average molecular weight is 500 g/mol. The van der Waals surface area contributed by atoms with Gasteiger partial charge in [0.2, 0.25) is 5.91 Å². The van der Waals surface area contributed by atoms with Crippen LogP contribution >= 0.6 is 0 Å². The van der Waals surface area contributed by atoms with Gasteiger partial charge in [0.05, 0.1) is 13.7 Å². The lowest BCUT2D eigenvalue weighted by Gasteiger charge is -2.33. The van der Waals surface area contributed by atoms with E-state index in [0.717, 1.165) is 4.90 Å². The monoisotopic (exact) mass is 499 g/mol. The first-order valence-corrected chi connectivity index (χ1v) is 11.2. The third-order valence-electron chi connectivity index (χ3n) is 4.93. The van der Waals surface area contributed by atoms with Crippen molar-refractivity contribution in [3.05, 3.63) is 66.7 Å². The van der Waals surface area contributed by atoms with Crippen LogP contribution in [0.4, 0.5) is 10.5 Å². The van der Waals surface area contributed by atoms with Gasteiger partial charge in [0.15, 0.2) is 0 Å². The van der Waals surface area contributed by atoms with E-state index in [1.54, 1.807) is 57.2 Å².